The van der Waals surface area contributed by atoms with Gasteiger partial charge in [0.1, 0.15) is 12.4 Å². The molecule has 0 aliphatic rings. The number of hydrogen-bond donors (Lipinski definition) is 1. The molecule has 0 radical (unpaired) electrons. The second-order valence-corrected chi connectivity index (χ2v) is 6.89. The number of benzene rings is 1. The average Bonchev–Trinajstić information content (AvgIpc) is 2.86. The Hall–Kier alpha value is -1.33. The predicted octanol–water partition coefficient (Wildman–Crippen LogP) is 3.61. The van der Waals surface area contributed by atoms with Gasteiger partial charge in [-0.3, -0.25) is 4.68 Å². The molecule has 4 nitrogen and oxygen atoms in total. The summed E-state index contributed by atoms with van der Waals surface area (Å²) in [5.41, 5.74) is 1.16. The Balaban J connectivity index is 1.76. The van der Waals surface area contributed by atoms with Crippen molar-refractivity contribution >= 4 is 15.9 Å². The summed E-state index contributed by atoms with van der Waals surface area (Å²) in [6.45, 7) is 8.58. The molecule has 1 aromatic heterocycles. The van der Waals surface area contributed by atoms with Gasteiger partial charge in [-0.25, -0.2) is 0 Å². The van der Waals surface area contributed by atoms with Crippen LogP contribution >= 0.6 is 15.9 Å². The lowest BCUT2D eigenvalue weighted by molar-refractivity contribution is 0.290. The minimum atomic E-state index is 0.106. The fraction of sp³-hybridized carbons (Fsp3) is 0.438. The molecule has 5 heteroatoms. The minimum Gasteiger partial charge on any atom is -0.492 e. The summed E-state index contributed by atoms with van der Waals surface area (Å²) in [7, 11) is 0. The van der Waals surface area contributed by atoms with Crippen LogP contribution in [0.5, 0.6) is 5.75 Å². The zero-order chi connectivity index (χ0) is 15.3. The molecule has 0 atom stereocenters. The molecule has 2 rings (SSSR count). The van der Waals surface area contributed by atoms with Crippen LogP contribution in [0.4, 0.5) is 0 Å². The minimum absolute atomic E-state index is 0.106. The number of aromatic nitrogens is 2. The number of rotatable bonds is 6. The van der Waals surface area contributed by atoms with Crippen LogP contribution in [0.1, 0.15) is 26.5 Å². The van der Waals surface area contributed by atoms with E-state index in [-0.39, 0.29) is 5.54 Å². The molecule has 1 heterocycles. The Labute approximate surface area is 134 Å². The summed E-state index contributed by atoms with van der Waals surface area (Å²) in [5.74, 6) is 0.875. The Morgan fingerprint density at radius 3 is 2.57 bits per heavy atom. The van der Waals surface area contributed by atoms with Gasteiger partial charge in [0.25, 0.3) is 0 Å². The summed E-state index contributed by atoms with van der Waals surface area (Å²) in [6, 6.07) is 9.88. The van der Waals surface area contributed by atoms with E-state index in [0.717, 1.165) is 29.0 Å². The van der Waals surface area contributed by atoms with E-state index in [9.17, 15) is 0 Å². The van der Waals surface area contributed by atoms with Crippen molar-refractivity contribution < 1.29 is 4.74 Å². The molecule has 0 aliphatic carbocycles. The molecule has 21 heavy (non-hydrogen) atoms. The smallest absolute Gasteiger partial charge is 0.119 e. The number of halogens is 1. The van der Waals surface area contributed by atoms with Crippen LogP contribution in [0.25, 0.3) is 0 Å². The van der Waals surface area contributed by atoms with E-state index in [1.807, 2.05) is 41.2 Å². The first-order valence-electron chi connectivity index (χ1n) is 7.08. The molecular formula is C16H22BrN3O. The van der Waals surface area contributed by atoms with E-state index < -0.39 is 0 Å². The average molecular weight is 352 g/mol. The lowest BCUT2D eigenvalue weighted by Crippen LogP contribution is -2.35. The topological polar surface area (TPSA) is 39.1 Å². The molecule has 0 amide bonds. The van der Waals surface area contributed by atoms with Crippen LogP contribution in [-0.2, 0) is 13.1 Å². The normalized spacial score (nSPS) is 11.6. The van der Waals surface area contributed by atoms with Crippen molar-refractivity contribution in [2.24, 2.45) is 0 Å². The maximum Gasteiger partial charge on any atom is 0.119 e. The third-order valence-electron chi connectivity index (χ3n) is 2.90. The lowest BCUT2D eigenvalue weighted by Gasteiger charge is -2.19. The summed E-state index contributed by atoms with van der Waals surface area (Å²) in [5, 5.41) is 7.95. The molecule has 0 bridgehead atoms. The highest BCUT2D eigenvalue weighted by atomic mass is 79.9. The van der Waals surface area contributed by atoms with Crippen molar-refractivity contribution in [1.29, 1.82) is 0 Å². The van der Waals surface area contributed by atoms with E-state index >= 15 is 0 Å². The Bertz CT molecular complexity index is 558. The third-order valence-corrected chi connectivity index (χ3v) is 3.43. The molecule has 0 spiro atoms. The molecule has 0 aliphatic heterocycles. The van der Waals surface area contributed by atoms with E-state index in [1.54, 1.807) is 0 Å². The Kier molecular flexibility index (Phi) is 5.42. The van der Waals surface area contributed by atoms with Gasteiger partial charge in [-0.1, -0.05) is 15.9 Å². The van der Waals surface area contributed by atoms with Crippen LogP contribution < -0.4 is 10.1 Å². The van der Waals surface area contributed by atoms with Gasteiger partial charge in [0.15, 0.2) is 0 Å². The highest BCUT2D eigenvalue weighted by molar-refractivity contribution is 9.10. The van der Waals surface area contributed by atoms with Gasteiger partial charge in [-0.15, -0.1) is 0 Å². The summed E-state index contributed by atoms with van der Waals surface area (Å²) >= 11 is 3.41. The molecule has 2 aromatic rings. The zero-order valence-electron chi connectivity index (χ0n) is 12.8. The van der Waals surface area contributed by atoms with Gasteiger partial charge in [0, 0.05) is 22.8 Å². The van der Waals surface area contributed by atoms with Crippen LogP contribution in [0, 0.1) is 0 Å². The van der Waals surface area contributed by atoms with Gasteiger partial charge < -0.3 is 10.1 Å². The standard InChI is InChI=1S/C16H22BrN3O/c1-16(2,3)18-12-14-8-9-20(19-14)10-11-21-15-6-4-13(17)5-7-15/h4-9,18H,10-12H2,1-3H3. The monoisotopic (exact) mass is 351 g/mol. The Morgan fingerprint density at radius 2 is 1.90 bits per heavy atom. The predicted molar refractivity (Wildman–Crippen MR) is 88.5 cm³/mol. The second kappa shape index (κ2) is 7.09. The summed E-state index contributed by atoms with van der Waals surface area (Å²) in [6.07, 6.45) is 1.99. The van der Waals surface area contributed by atoms with Gasteiger partial charge in [0.05, 0.1) is 12.2 Å². The van der Waals surface area contributed by atoms with Crippen LogP contribution in [-0.4, -0.2) is 21.9 Å². The summed E-state index contributed by atoms with van der Waals surface area (Å²) in [4.78, 5) is 0. The molecule has 0 fully saturated rings. The third kappa shape index (κ3) is 5.89. The molecule has 0 saturated carbocycles. The van der Waals surface area contributed by atoms with Crippen molar-refractivity contribution in [2.45, 2.75) is 39.4 Å². The van der Waals surface area contributed by atoms with E-state index in [1.165, 1.54) is 0 Å². The highest BCUT2D eigenvalue weighted by Gasteiger charge is 2.09. The first-order chi connectivity index (χ1) is 9.92. The lowest BCUT2D eigenvalue weighted by atomic mass is 10.1. The SMILES string of the molecule is CC(C)(C)NCc1ccn(CCOc2ccc(Br)cc2)n1. The van der Waals surface area contributed by atoms with Gasteiger partial charge in [-0.2, -0.15) is 5.10 Å². The highest BCUT2D eigenvalue weighted by Crippen LogP contribution is 2.16. The molecular weight excluding hydrogens is 330 g/mol. The molecule has 0 saturated heterocycles. The molecule has 114 valence electrons. The van der Waals surface area contributed by atoms with Crippen molar-refractivity contribution in [3.8, 4) is 5.75 Å². The Morgan fingerprint density at radius 1 is 1.19 bits per heavy atom. The van der Waals surface area contributed by atoms with E-state index in [2.05, 4.69) is 47.1 Å². The summed E-state index contributed by atoms with van der Waals surface area (Å²) < 4.78 is 8.66. The first kappa shape index (κ1) is 16.0. The number of ether oxygens (including phenoxy) is 1. The van der Waals surface area contributed by atoms with Gasteiger partial charge in [-0.05, 0) is 51.1 Å². The number of hydrogen-bond acceptors (Lipinski definition) is 3. The van der Waals surface area contributed by atoms with Crippen LogP contribution in [0.2, 0.25) is 0 Å². The fourth-order valence-corrected chi connectivity index (χ4v) is 2.03. The fourth-order valence-electron chi connectivity index (χ4n) is 1.77. The van der Waals surface area contributed by atoms with Crippen molar-refractivity contribution in [3.63, 3.8) is 0 Å². The second-order valence-electron chi connectivity index (χ2n) is 5.98. The van der Waals surface area contributed by atoms with Crippen LogP contribution in [0.3, 0.4) is 0 Å². The van der Waals surface area contributed by atoms with Crippen LogP contribution in [0.15, 0.2) is 41.0 Å². The van der Waals surface area contributed by atoms with Gasteiger partial charge in [0.2, 0.25) is 0 Å². The quantitative estimate of drug-likeness (QED) is 0.863. The number of nitrogens with one attached hydrogen (secondary N) is 1. The van der Waals surface area contributed by atoms with Crippen molar-refractivity contribution in [1.82, 2.24) is 15.1 Å². The first-order valence-corrected chi connectivity index (χ1v) is 7.87. The van der Waals surface area contributed by atoms with Crippen molar-refractivity contribution in [3.05, 3.63) is 46.7 Å². The van der Waals surface area contributed by atoms with Gasteiger partial charge >= 0.3 is 0 Å². The van der Waals surface area contributed by atoms with Crippen molar-refractivity contribution in [2.75, 3.05) is 6.61 Å². The molecule has 1 N–H and O–H groups in total. The van der Waals surface area contributed by atoms with E-state index in [4.69, 9.17) is 4.74 Å². The zero-order valence-corrected chi connectivity index (χ0v) is 14.4. The maximum absolute atomic E-state index is 5.69. The van der Waals surface area contributed by atoms with E-state index in [0.29, 0.717) is 6.61 Å². The molecule has 0 unspecified atom stereocenters. The molecule has 1 aromatic carbocycles. The largest absolute Gasteiger partial charge is 0.492 e. The maximum atomic E-state index is 5.69. The number of nitrogens with zero attached hydrogens (tertiary/aromatic N) is 2.